The van der Waals surface area contributed by atoms with E-state index < -0.39 is 12.0 Å². The van der Waals surface area contributed by atoms with Crippen LogP contribution in [-0.4, -0.2) is 48.0 Å². The van der Waals surface area contributed by atoms with E-state index in [9.17, 15) is 9.59 Å². The Morgan fingerprint density at radius 2 is 2.38 bits per heavy atom. The van der Waals surface area contributed by atoms with E-state index in [1.807, 2.05) is 29.3 Å². The van der Waals surface area contributed by atoms with Crippen LogP contribution in [0.3, 0.4) is 0 Å². The minimum Gasteiger partial charge on any atom is -0.469 e. The molecule has 1 aliphatic rings. The van der Waals surface area contributed by atoms with Crippen molar-refractivity contribution in [1.82, 2.24) is 15.2 Å². The second-order valence-corrected chi connectivity index (χ2v) is 6.47. The van der Waals surface area contributed by atoms with Gasteiger partial charge in [-0.1, -0.05) is 0 Å². The van der Waals surface area contributed by atoms with Crippen molar-refractivity contribution in [3.63, 3.8) is 0 Å². The highest BCUT2D eigenvalue weighted by atomic mass is 32.1. The summed E-state index contributed by atoms with van der Waals surface area (Å²) in [5, 5.41) is 5.55. The number of thiazole rings is 1. The molecular weight excluding hydrogens is 330 g/mol. The van der Waals surface area contributed by atoms with Crippen molar-refractivity contribution in [3.8, 4) is 10.8 Å². The molecule has 2 aromatic rings. The molecule has 24 heavy (non-hydrogen) atoms. The van der Waals surface area contributed by atoms with Gasteiger partial charge in [0.25, 0.3) is 0 Å². The average molecular weight is 349 g/mol. The maximum Gasteiger partial charge on any atom is 0.307 e. The predicted molar refractivity (Wildman–Crippen MR) is 88.4 cm³/mol. The van der Waals surface area contributed by atoms with Crippen molar-refractivity contribution < 1.29 is 18.7 Å². The number of carbonyl (C=O) groups excluding carboxylic acids is 2. The van der Waals surface area contributed by atoms with Gasteiger partial charge < -0.3 is 14.5 Å². The van der Waals surface area contributed by atoms with Gasteiger partial charge in [0.05, 0.1) is 19.2 Å². The van der Waals surface area contributed by atoms with Crippen LogP contribution in [0, 0.1) is 6.92 Å². The molecule has 0 bridgehead atoms. The lowest BCUT2D eigenvalue weighted by molar-refractivity contribution is -0.146. The van der Waals surface area contributed by atoms with Crippen LogP contribution in [0.25, 0.3) is 10.8 Å². The predicted octanol–water partition coefficient (Wildman–Crippen LogP) is 1.58. The Kier molecular flexibility index (Phi) is 4.96. The molecule has 3 heterocycles. The molecule has 0 aromatic carbocycles. The maximum atomic E-state index is 12.1. The Bertz CT molecular complexity index is 739. The van der Waals surface area contributed by atoms with Crippen molar-refractivity contribution in [1.29, 1.82) is 0 Å². The molecule has 0 aliphatic carbocycles. The number of piperazine rings is 1. The van der Waals surface area contributed by atoms with Crippen molar-refractivity contribution >= 4 is 23.2 Å². The number of rotatable bonds is 5. The Morgan fingerprint density at radius 3 is 3.08 bits per heavy atom. The fourth-order valence-electron chi connectivity index (χ4n) is 2.66. The number of aromatic nitrogens is 1. The molecule has 128 valence electrons. The normalized spacial score (nSPS) is 18.4. The summed E-state index contributed by atoms with van der Waals surface area (Å²) in [6, 6.07) is 3.27. The second-order valence-electron chi connectivity index (χ2n) is 5.61. The first kappa shape index (κ1) is 16.7. The van der Waals surface area contributed by atoms with Crippen molar-refractivity contribution in [2.24, 2.45) is 0 Å². The van der Waals surface area contributed by atoms with Gasteiger partial charge in [-0.2, -0.15) is 0 Å². The molecule has 1 atom stereocenters. The number of ether oxygens (including phenoxy) is 1. The highest BCUT2D eigenvalue weighted by molar-refractivity contribution is 7.13. The topological polar surface area (TPSA) is 84.7 Å². The number of carbonyl (C=O) groups is 2. The number of hydrogen-bond donors (Lipinski definition) is 1. The molecule has 7 nitrogen and oxygen atoms in total. The van der Waals surface area contributed by atoms with Gasteiger partial charge in [0, 0.05) is 25.0 Å². The van der Waals surface area contributed by atoms with Crippen LogP contribution in [0.1, 0.15) is 17.9 Å². The number of nitrogens with zero attached hydrogens (tertiary/aromatic N) is 2. The molecule has 0 saturated carbocycles. The van der Waals surface area contributed by atoms with Crippen molar-refractivity contribution in [3.05, 3.63) is 29.0 Å². The molecule has 8 heteroatoms. The number of hydrogen-bond acceptors (Lipinski definition) is 7. The van der Waals surface area contributed by atoms with Crippen LogP contribution in [0.15, 0.2) is 21.9 Å². The number of esters is 1. The van der Waals surface area contributed by atoms with E-state index in [2.05, 4.69) is 10.3 Å². The Labute approximate surface area is 143 Å². The molecule has 1 N–H and O–H groups in total. The summed E-state index contributed by atoms with van der Waals surface area (Å²) in [6.07, 6.45) is 0.0384. The van der Waals surface area contributed by atoms with Gasteiger partial charge in [0.15, 0.2) is 10.8 Å². The standard InChI is InChI=1S/C16H19N3O4S/c1-10-3-4-13(23-10)16-18-11(9-24-16)8-19-6-5-17-15(21)12(19)7-14(20)22-2/h3-4,9,12H,5-8H2,1-2H3,(H,17,21). The van der Waals surface area contributed by atoms with Crippen LogP contribution >= 0.6 is 11.3 Å². The fourth-order valence-corrected chi connectivity index (χ4v) is 3.44. The molecular formula is C16H19N3O4S. The lowest BCUT2D eigenvalue weighted by Gasteiger charge is -2.33. The third-order valence-electron chi connectivity index (χ3n) is 3.90. The number of furan rings is 1. The quantitative estimate of drug-likeness (QED) is 0.825. The largest absolute Gasteiger partial charge is 0.469 e. The summed E-state index contributed by atoms with van der Waals surface area (Å²) in [7, 11) is 1.32. The van der Waals surface area contributed by atoms with Crippen molar-refractivity contribution in [2.75, 3.05) is 20.2 Å². The summed E-state index contributed by atoms with van der Waals surface area (Å²) in [5.74, 6) is 1.04. The number of aryl methyl sites for hydroxylation is 1. The Balaban J connectivity index is 1.72. The molecule has 1 aliphatic heterocycles. The van der Waals surface area contributed by atoms with Crippen LogP contribution in [0.2, 0.25) is 0 Å². The van der Waals surface area contributed by atoms with E-state index in [1.54, 1.807) is 0 Å². The summed E-state index contributed by atoms with van der Waals surface area (Å²) in [4.78, 5) is 30.2. The summed E-state index contributed by atoms with van der Waals surface area (Å²) in [6.45, 7) is 3.62. The average Bonchev–Trinajstić information content (AvgIpc) is 3.19. The van der Waals surface area contributed by atoms with E-state index in [1.165, 1.54) is 18.4 Å². The third kappa shape index (κ3) is 3.65. The van der Waals surface area contributed by atoms with Gasteiger partial charge >= 0.3 is 5.97 Å². The van der Waals surface area contributed by atoms with Crippen molar-refractivity contribution in [2.45, 2.75) is 25.9 Å². The number of methoxy groups -OCH3 is 1. The molecule has 1 fully saturated rings. The molecule has 3 rings (SSSR count). The van der Waals surface area contributed by atoms with E-state index in [0.29, 0.717) is 19.6 Å². The summed E-state index contributed by atoms with van der Waals surface area (Å²) in [5.41, 5.74) is 0.855. The first-order valence-electron chi connectivity index (χ1n) is 7.66. The zero-order valence-corrected chi connectivity index (χ0v) is 14.4. The van der Waals surface area contributed by atoms with Crippen LogP contribution in [0.4, 0.5) is 0 Å². The van der Waals surface area contributed by atoms with E-state index in [-0.39, 0.29) is 12.3 Å². The molecule has 1 amide bonds. The summed E-state index contributed by atoms with van der Waals surface area (Å²) < 4.78 is 10.3. The minimum atomic E-state index is -0.526. The van der Waals surface area contributed by atoms with E-state index in [0.717, 1.165) is 22.2 Å². The number of nitrogens with one attached hydrogen (secondary N) is 1. The smallest absolute Gasteiger partial charge is 0.307 e. The first-order chi connectivity index (χ1) is 11.6. The lowest BCUT2D eigenvalue weighted by atomic mass is 10.1. The van der Waals surface area contributed by atoms with Gasteiger partial charge in [0.2, 0.25) is 5.91 Å². The van der Waals surface area contributed by atoms with E-state index >= 15 is 0 Å². The maximum absolute atomic E-state index is 12.1. The Morgan fingerprint density at radius 1 is 1.54 bits per heavy atom. The van der Waals surface area contributed by atoms with Gasteiger partial charge in [-0.15, -0.1) is 11.3 Å². The monoisotopic (exact) mass is 349 g/mol. The highest BCUT2D eigenvalue weighted by Gasteiger charge is 2.32. The highest BCUT2D eigenvalue weighted by Crippen LogP contribution is 2.26. The first-order valence-corrected chi connectivity index (χ1v) is 8.54. The Hall–Kier alpha value is -2.19. The van der Waals surface area contributed by atoms with Crippen LogP contribution in [0.5, 0.6) is 0 Å². The minimum absolute atomic E-state index is 0.0384. The summed E-state index contributed by atoms with van der Waals surface area (Å²) >= 11 is 1.50. The fraction of sp³-hybridized carbons (Fsp3) is 0.438. The molecule has 0 spiro atoms. The van der Waals surface area contributed by atoms with Gasteiger partial charge in [0.1, 0.15) is 11.8 Å². The molecule has 2 aromatic heterocycles. The molecule has 1 unspecified atom stereocenters. The van der Waals surface area contributed by atoms with Crippen LogP contribution in [-0.2, 0) is 20.9 Å². The van der Waals surface area contributed by atoms with E-state index in [4.69, 9.17) is 9.15 Å². The SMILES string of the molecule is COC(=O)CC1C(=O)NCCN1Cc1csc(-c2ccc(C)o2)n1. The van der Waals surface area contributed by atoms with Crippen LogP contribution < -0.4 is 5.32 Å². The third-order valence-corrected chi connectivity index (χ3v) is 4.80. The van der Waals surface area contributed by atoms with Gasteiger partial charge in [-0.25, -0.2) is 4.98 Å². The molecule has 0 radical (unpaired) electrons. The zero-order chi connectivity index (χ0) is 17.1. The lowest BCUT2D eigenvalue weighted by Crippen LogP contribution is -2.55. The zero-order valence-electron chi connectivity index (χ0n) is 13.6. The number of amides is 1. The van der Waals surface area contributed by atoms with Gasteiger partial charge in [-0.05, 0) is 19.1 Å². The van der Waals surface area contributed by atoms with Gasteiger partial charge in [-0.3, -0.25) is 14.5 Å². The second kappa shape index (κ2) is 7.14. The molecule has 1 saturated heterocycles.